The monoisotopic (exact) mass is 616 g/mol. The number of hydrogen-bond acceptors (Lipinski definition) is 3. The van der Waals surface area contributed by atoms with Crippen molar-refractivity contribution in [2.24, 2.45) is 0 Å². The van der Waals surface area contributed by atoms with Crippen LogP contribution in [0.4, 0.5) is 0 Å². The van der Waals surface area contributed by atoms with E-state index in [-0.39, 0.29) is 0 Å². The maximum absolute atomic E-state index is 5.89. The molecule has 0 fully saturated rings. The normalized spacial score (nSPS) is 11.6. The summed E-state index contributed by atoms with van der Waals surface area (Å²) in [7, 11) is 0. The van der Waals surface area contributed by atoms with Gasteiger partial charge < -0.3 is 0 Å². The molecule has 0 saturated heterocycles. The number of benzene rings is 3. The molecule has 0 bridgehead atoms. The van der Waals surface area contributed by atoms with E-state index in [0.717, 1.165) is 18.8 Å². The van der Waals surface area contributed by atoms with E-state index in [1.165, 1.54) is 54.0 Å². The Balaban J connectivity index is 1.70. The Morgan fingerprint density at radius 2 is 1.32 bits per heavy atom. The summed E-state index contributed by atoms with van der Waals surface area (Å²) < 4.78 is 16.1. The molecule has 212 valence electrons. The zero-order valence-electron chi connectivity index (χ0n) is 24.9. The Kier molecular flexibility index (Phi) is 11.9. The van der Waals surface area contributed by atoms with Gasteiger partial charge in [-0.1, -0.05) is 0 Å². The van der Waals surface area contributed by atoms with Crippen molar-refractivity contribution in [3.05, 3.63) is 106 Å². The van der Waals surface area contributed by atoms with Gasteiger partial charge in [0, 0.05) is 0 Å². The van der Waals surface area contributed by atoms with Crippen LogP contribution in [0.2, 0.25) is 5.25 Å². The van der Waals surface area contributed by atoms with E-state index in [0.29, 0.717) is 13.2 Å². The molecule has 4 rings (SSSR count). The van der Waals surface area contributed by atoms with Crippen LogP contribution >= 0.6 is 11.3 Å². The number of unbranched alkanes of at least 4 members (excludes halogenated alkanes) is 3. The minimum atomic E-state index is -3.01. The van der Waals surface area contributed by atoms with E-state index in [9.17, 15) is 0 Å². The third kappa shape index (κ3) is 7.90. The van der Waals surface area contributed by atoms with Crippen molar-refractivity contribution >= 4 is 37.1 Å². The molecule has 0 unspecified atom stereocenters. The van der Waals surface area contributed by atoms with E-state index in [4.69, 9.17) is 9.47 Å². The predicted molar refractivity (Wildman–Crippen MR) is 176 cm³/mol. The molecule has 40 heavy (non-hydrogen) atoms. The number of hydrogen-bond donors (Lipinski definition) is 0. The quantitative estimate of drug-likeness (QED) is 0.0955. The molecule has 0 aliphatic carbocycles. The Morgan fingerprint density at radius 3 is 1.93 bits per heavy atom. The molecule has 0 aliphatic heterocycles. The van der Waals surface area contributed by atoms with E-state index >= 15 is 0 Å². The van der Waals surface area contributed by atoms with Gasteiger partial charge in [0.1, 0.15) is 0 Å². The van der Waals surface area contributed by atoms with Crippen molar-refractivity contribution in [1.82, 2.24) is 0 Å². The average molecular weight is 615 g/mol. The average Bonchev–Trinajstić information content (AvgIpc) is 3.45. The summed E-state index contributed by atoms with van der Waals surface area (Å²) in [5.41, 5.74) is 5.64. The van der Waals surface area contributed by atoms with Gasteiger partial charge in [0.15, 0.2) is 0 Å². The zero-order valence-corrected chi connectivity index (χ0v) is 27.8. The summed E-state index contributed by atoms with van der Waals surface area (Å²) in [4.78, 5) is 0. The Morgan fingerprint density at radius 1 is 0.675 bits per heavy atom. The molecule has 1 aromatic heterocycles. The van der Waals surface area contributed by atoms with Crippen molar-refractivity contribution in [2.45, 2.75) is 71.5 Å². The molecular formula is C36H46GeO2S. The van der Waals surface area contributed by atoms with Crippen LogP contribution in [0.1, 0.15) is 61.8 Å². The summed E-state index contributed by atoms with van der Waals surface area (Å²) in [6, 6.07) is 30.3. The van der Waals surface area contributed by atoms with Gasteiger partial charge in [-0.25, -0.2) is 0 Å². The molecule has 4 heteroatoms. The van der Waals surface area contributed by atoms with Crippen LogP contribution in [-0.2, 0) is 17.6 Å². The van der Waals surface area contributed by atoms with Gasteiger partial charge in [0.25, 0.3) is 0 Å². The van der Waals surface area contributed by atoms with Crippen molar-refractivity contribution in [3.8, 4) is 5.75 Å². The second kappa shape index (κ2) is 15.6. The Bertz CT molecular complexity index is 1230. The van der Waals surface area contributed by atoms with Crippen LogP contribution in [0.3, 0.4) is 0 Å². The molecule has 0 saturated carbocycles. The molecule has 0 amide bonds. The van der Waals surface area contributed by atoms with E-state index in [1.807, 2.05) is 18.3 Å². The van der Waals surface area contributed by atoms with Gasteiger partial charge in [-0.05, 0) is 0 Å². The van der Waals surface area contributed by atoms with Crippen molar-refractivity contribution in [3.63, 3.8) is 0 Å². The van der Waals surface area contributed by atoms with Crippen LogP contribution < -0.4 is 17.2 Å². The van der Waals surface area contributed by atoms with Crippen LogP contribution in [-0.4, -0.2) is 33.1 Å². The van der Waals surface area contributed by atoms with Crippen LogP contribution in [0, 0.1) is 13.8 Å². The maximum atomic E-state index is 5.89. The third-order valence-corrected chi connectivity index (χ3v) is 21.2. The number of rotatable bonds is 16. The fourth-order valence-corrected chi connectivity index (χ4v) is 19.5. The number of thiophene rings is 1. The van der Waals surface area contributed by atoms with E-state index in [1.54, 1.807) is 18.1 Å². The second-order valence-electron chi connectivity index (χ2n) is 10.9. The molecule has 0 N–H and O–H groups in total. The first-order valence-electron chi connectivity index (χ1n) is 15.1. The first-order chi connectivity index (χ1) is 19.6. The summed E-state index contributed by atoms with van der Waals surface area (Å²) >= 11 is -0.994. The third-order valence-electron chi connectivity index (χ3n) is 7.94. The summed E-state index contributed by atoms with van der Waals surface area (Å²) in [5, 5.41) is 3.56. The minimum absolute atomic E-state index is 0.589. The Labute approximate surface area is 249 Å². The molecule has 2 nitrogen and oxygen atoms in total. The van der Waals surface area contributed by atoms with Gasteiger partial charge in [0.05, 0.1) is 0 Å². The predicted octanol–water partition coefficient (Wildman–Crippen LogP) is 7.62. The molecule has 0 atom stereocenters. The second-order valence-corrected chi connectivity index (χ2v) is 20.9. The van der Waals surface area contributed by atoms with Crippen molar-refractivity contribution in [1.29, 1.82) is 0 Å². The molecular weight excluding hydrogens is 569 g/mol. The van der Waals surface area contributed by atoms with Gasteiger partial charge >= 0.3 is 250 Å². The van der Waals surface area contributed by atoms with E-state index in [2.05, 4.69) is 105 Å². The first-order valence-corrected chi connectivity index (χ1v) is 20.6. The molecule has 3 aromatic carbocycles. The van der Waals surface area contributed by atoms with Crippen LogP contribution in [0.5, 0.6) is 5.75 Å². The number of aryl methyl sites for hydroxylation is 4. The standard InChI is InChI=1S/C36H46GeO2S/c1-5-7-8-9-10-32-24-28-40-36(32)37(33-17-11-29(3)12-18-33,34-19-13-30(4)14-20-34)25-23-31-15-21-35(22-16-31)39-27-26-38-6-2/h11-22,24,28H,5-10,23,25-27H2,1-4H3. The molecule has 0 radical (unpaired) electrons. The summed E-state index contributed by atoms with van der Waals surface area (Å²) in [5.74, 6) is 0.918. The first kappa shape index (κ1) is 30.6. The zero-order chi connectivity index (χ0) is 28.2. The SMILES string of the molecule is CCCCCCc1ccs[c]1[Ge]([CH2]Cc1ccc(OCCOCC)cc1)([c]1ccc(C)cc1)[c]1ccc(C)cc1. The van der Waals surface area contributed by atoms with Crippen molar-refractivity contribution in [2.75, 3.05) is 19.8 Å². The van der Waals surface area contributed by atoms with Crippen molar-refractivity contribution < 1.29 is 9.47 Å². The van der Waals surface area contributed by atoms with Gasteiger partial charge in [0.2, 0.25) is 0 Å². The van der Waals surface area contributed by atoms with E-state index < -0.39 is 13.3 Å². The van der Waals surface area contributed by atoms with Gasteiger partial charge in [-0.15, -0.1) is 0 Å². The van der Waals surface area contributed by atoms with Gasteiger partial charge in [-0.2, -0.15) is 0 Å². The molecule has 0 spiro atoms. The molecule has 4 aromatic rings. The molecule has 1 heterocycles. The fourth-order valence-electron chi connectivity index (χ4n) is 5.60. The Hall–Kier alpha value is -2.34. The fraction of sp³-hybridized carbons (Fsp3) is 0.389. The van der Waals surface area contributed by atoms with Gasteiger partial charge in [-0.3, -0.25) is 0 Å². The summed E-state index contributed by atoms with van der Waals surface area (Å²) in [6.45, 7) is 10.7. The number of ether oxygens (including phenoxy) is 2. The van der Waals surface area contributed by atoms with Crippen LogP contribution in [0.25, 0.3) is 0 Å². The van der Waals surface area contributed by atoms with Crippen LogP contribution in [0.15, 0.2) is 84.2 Å². The summed E-state index contributed by atoms with van der Waals surface area (Å²) in [6.07, 6.45) is 7.46. The topological polar surface area (TPSA) is 18.5 Å². The molecule has 0 aliphatic rings.